The number of hydrogen-bond acceptors (Lipinski definition) is 5. The minimum atomic E-state index is -0.254. The fourth-order valence-electron chi connectivity index (χ4n) is 2.04. The van der Waals surface area contributed by atoms with Gasteiger partial charge in [0.05, 0.1) is 17.0 Å². The van der Waals surface area contributed by atoms with E-state index in [4.69, 9.17) is 10.5 Å². The molecule has 0 saturated carbocycles. The van der Waals surface area contributed by atoms with Gasteiger partial charge in [0.15, 0.2) is 0 Å². The lowest BCUT2D eigenvalue weighted by atomic mass is 10.1. The maximum Gasteiger partial charge on any atom is 0.254 e. The van der Waals surface area contributed by atoms with E-state index in [2.05, 4.69) is 15.3 Å². The first-order valence-corrected chi connectivity index (χ1v) is 6.55. The Morgan fingerprint density at radius 1 is 1.33 bits per heavy atom. The number of carbonyl (C=O) groups excluding carboxylic acids is 1. The van der Waals surface area contributed by atoms with Crippen LogP contribution in [-0.4, -0.2) is 22.9 Å². The smallest absolute Gasteiger partial charge is 0.254 e. The summed E-state index contributed by atoms with van der Waals surface area (Å²) in [6.07, 6.45) is 0. The molecule has 1 heterocycles. The monoisotopic (exact) mass is 286 g/mol. The van der Waals surface area contributed by atoms with E-state index in [-0.39, 0.29) is 18.5 Å². The van der Waals surface area contributed by atoms with Crippen LogP contribution in [0.25, 0.3) is 0 Å². The summed E-state index contributed by atoms with van der Waals surface area (Å²) in [5, 5.41) is 2.57. The van der Waals surface area contributed by atoms with E-state index in [1.165, 1.54) is 0 Å². The third-order valence-corrected chi connectivity index (χ3v) is 3.00. The van der Waals surface area contributed by atoms with Gasteiger partial charge in [0.1, 0.15) is 12.4 Å². The van der Waals surface area contributed by atoms with E-state index in [0.717, 1.165) is 5.56 Å². The highest BCUT2D eigenvalue weighted by Crippen LogP contribution is 2.17. The molecule has 3 N–H and O–H groups in total. The quantitative estimate of drug-likeness (QED) is 0.891. The summed E-state index contributed by atoms with van der Waals surface area (Å²) in [5.41, 5.74) is 8.16. The summed E-state index contributed by atoms with van der Waals surface area (Å²) in [6.45, 7) is 3.86. The molecule has 21 heavy (non-hydrogen) atoms. The van der Waals surface area contributed by atoms with Crippen molar-refractivity contribution in [3.8, 4) is 5.75 Å². The Balaban J connectivity index is 2.28. The molecule has 1 amide bonds. The molecule has 0 aliphatic heterocycles. The summed E-state index contributed by atoms with van der Waals surface area (Å²) in [4.78, 5) is 20.1. The summed E-state index contributed by atoms with van der Waals surface area (Å²) < 4.78 is 5.69. The van der Waals surface area contributed by atoms with Gasteiger partial charge in [0.25, 0.3) is 5.91 Å². The van der Waals surface area contributed by atoms with Crippen LogP contribution in [-0.2, 0) is 6.61 Å². The number of amides is 1. The van der Waals surface area contributed by atoms with Crippen molar-refractivity contribution < 1.29 is 9.53 Å². The molecule has 2 aromatic rings. The molecule has 2 rings (SSSR count). The van der Waals surface area contributed by atoms with Gasteiger partial charge in [-0.15, -0.1) is 0 Å². The predicted octanol–water partition coefficient (Wildman–Crippen LogP) is 1.61. The SMILES string of the molecule is CNC(=O)c1c(C)nc(N)nc1COc1cccc(C)c1. The summed E-state index contributed by atoms with van der Waals surface area (Å²) in [7, 11) is 1.56. The van der Waals surface area contributed by atoms with Crippen LogP contribution >= 0.6 is 0 Å². The van der Waals surface area contributed by atoms with Crippen molar-refractivity contribution in [1.82, 2.24) is 15.3 Å². The largest absolute Gasteiger partial charge is 0.487 e. The second kappa shape index (κ2) is 6.21. The number of carbonyl (C=O) groups is 1. The van der Waals surface area contributed by atoms with E-state index >= 15 is 0 Å². The molecule has 1 aromatic heterocycles. The number of nitrogen functional groups attached to an aromatic ring is 1. The van der Waals surface area contributed by atoms with Crippen molar-refractivity contribution in [2.45, 2.75) is 20.5 Å². The third-order valence-electron chi connectivity index (χ3n) is 3.00. The van der Waals surface area contributed by atoms with Crippen molar-refractivity contribution in [1.29, 1.82) is 0 Å². The molecule has 0 bridgehead atoms. The van der Waals surface area contributed by atoms with E-state index in [0.29, 0.717) is 22.7 Å². The van der Waals surface area contributed by atoms with Crippen LogP contribution in [0.3, 0.4) is 0 Å². The zero-order valence-corrected chi connectivity index (χ0v) is 12.3. The first-order valence-electron chi connectivity index (χ1n) is 6.55. The van der Waals surface area contributed by atoms with Gasteiger partial charge >= 0.3 is 0 Å². The molecule has 0 atom stereocenters. The number of nitrogens with zero attached hydrogens (tertiary/aromatic N) is 2. The number of nitrogens with two attached hydrogens (primary N) is 1. The lowest BCUT2D eigenvalue weighted by Gasteiger charge is -2.12. The highest BCUT2D eigenvalue weighted by atomic mass is 16.5. The van der Waals surface area contributed by atoms with Crippen LogP contribution in [0.4, 0.5) is 5.95 Å². The molecule has 0 unspecified atom stereocenters. The van der Waals surface area contributed by atoms with E-state index in [1.807, 2.05) is 31.2 Å². The summed E-state index contributed by atoms with van der Waals surface area (Å²) in [5.74, 6) is 0.589. The highest BCUT2D eigenvalue weighted by molar-refractivity contribution is 5.96. The summed E-state index contributed by atoms with van der Waals surface area (Å²) in [6, 6.07) is 7.65. The number of nitrogens with one attached hydrogen (secondary N) is 1. The fourth-order valence-corrected chi connectivity index (χ4v) is 2.04. The zero-order chi connectivity index (χ0) is 15.4. The van der Waals surface area contributed by atoms with Gasteiger partial charge < -0.3 is 15.8 Å². The number of aryl methyl sites for hydroxylation is 2. The normalized spacial score (nSPS) is 10.2. The second-order valence-corrected chi connectivity index (χ2v) is 4.67. The second-order valence-electron chi connectivity index (χ2n) is 4.67. The first kappa shape index (κ1) is 14.8. The molecule has 0 fully saturated rings. The third kappa shape index (κ3) is 3.47. The number of hydrogen-bond donors (Lipinski definition) is 2. The lowest BCUT2D eigenvalue weighted by Crippen LogP contribution is -2.23. The van der Waals surface area contributed by atoms with Crippen LogP contribution in [0.15, 0.2) is 24.3 Å². The Hall–Kier alpha value is -2.63. The van der Waals surface area contributed by atoms with Crippen LogP contribution in [0.5, 0.6) is 5.75 Å². The standard InChI is InChI=1S/C15H18N4O2/c1-9-5-4-6-11(7-9)21-8-12-13(14(20)17-3)10(2)18-15(16)19-12/h4-7H,8H2,1-3H3,(H,17,20)(H2,16,18,19). The van der Waals surface area contributed by atoms with Crippen molar-refractivity contribution in [2.24, 2.45) is 0 Å². The molecule has 0 saturated heterocycles. The van der Waals surface area contributed by atoms with Gasteiger partial charge in [-0.2, -0.15) is 0 Å². The molecular weight excluding hydrogens is 268 g/mol. The predicted molar refractivity (Wildman–Crippen MR) is 80.1 cm³/mol. The molecule has 110 valence electrons. The minimum absolute atomic E-state index is 0.128. The minimum Gasteiger partial charge on any atom is -0.487 e. The maximum atomic E-state index is 11.9. The van der Waals surface area contributed by atoms with Crippen LogP contribution in [0.1, 0.15) is 27.3 Å². The van der Waals surface area contributed by atoms with Crippen molar-refractivity contribution >= 4 is 11.9 Å². The van der Waals surface area contributed by atoms with Crippen molar-refractivity contribution in [3.05, 3.63) is 46.8 Å². The van der Waals surface area contributed by atoms with Gasteiger partial charge in [0, 0.05) is 7.05 Å². The Kier molecular flexibility index (Phi) is 4.37. The van der Waals surface area contributed by atoms with Crippen molar-refractivity contribution in [2.75, 3.05) is 12.8 Å². The van der Waals surface area contributed by atoms with Gasteiger partial charge in [-0.3, -0.25) is 4.79 Å². The molecule has 6 heteroatoms. The van der Waals surface area contributed by atoms with Crippen LogP contribution < -0.4 is 15.8 Å². The van der Waals surface area contributed by atoms with Crippen LogP contribution in [0, 0.1) is 13.8 Å². The molecule has 0 radical (unpaired) electrons. The van der Waals surface area contributed by atoms with Gasteiger partial charge in [-0.25, -0.2) is 9.97 Å². The van der Waals surface area contributed by atoms with Crippen molar-refractivity contribution in [3.63, 3.8) is 0 Å². The molecular formula is C15H18N4O2. The van der Waals surface area contributed by atoms with E-state index < -0.39 is 0 Å². The number of benzene rings is 1. The molecule has 0 aliphatic rings. The number of ether oxygens (including phenoxy) is 1. The Labute approximate surface area is 123 Å². The number of anilines is 1. The Morgan fingerprint density at radius 2 is 2.10 bits per heavy atom. The van der Waals surface area contributed by atoms with Crippen LogP contribution in [0.2, 0.25) is 0 Å². The Morgan fingerprint density at radius 3 is 2.76 bits per heavy atom. The average Bonchev–Trinajstić information content (AvgIpc) is 2.44. The highest BCUT2D eigenvalue weighted by Gasteiger charge is 2.17. The zero-order valence-electron chi connectivity index (χ0n) is 12.3. The van der Waals surface area contributed by atoms with E-state index in [1.54, 1.807) is 14.0 Å². The molecule has 1 aromatic carbocycles. The topological polar surface area (TPSA) is 90.1 Å². The fraction of sp³-hybridized carbons (Fsp3) is 0.267. The molecule has 0 aliphatic carbocycles. The molecule has 6 nitrogen and oxygen atoms in total. The first-order chi connectivity index (χ1) is 10.0. The maximum absolute atomic E-state index is 11.9. The number of aromatic nitrogens is 2. The van der Waals surface area contributed by atoms with Gasteiger partial charge in [-0.05, 0) is 31.5 Å². The molecule has 0 spiro atoms. The van der Waals surface area contributed by atoms with E-state index in [9.17, 15) is 4.79 Å². The number of rotatable bonds is 4. The lowest BCUT2D eigenvalue weighted by molar-refractivity contribution is 0.0959. The van der Waals surface area contributed by atoms with Gasteiger partial charge in [-0.1, -0.05) is 12.1 Å². The van der Waals surface area contributed by atoms with Gasteiger partial charge in [0.2, 0.25) is 5.95 Å². The average molecular weight is 286 g/mol. The summed E-state index contributed by atoms with van der Waals surface area (Å²) >= 11 is 0. The Bertz CT molecular complexity index is 671.